The van der Waals surface area contributed by atoms with Crippen LogP contribution in [0.2, 0.25) is 0 Å². The van der Waals surface area contributed by atoms with Gasteiger partial charge in [0.25, 0.3) is 11.6 Å². The molecule has 2 aliphatic rings. The van der Waals surface area contributed by atoms with Crippen molar-refractivity contribution in [1.29, 1.82) is 0 Å². The molecule has 1 saturated carbocycles. The van der Waals surface area contributed by atoms with Crippen LogP contribution in [-0.4, -0.2) is 30.0 Å². The first kappa shape index (κ1) is 16.7. The number of benzene rings is 1. The summed E-state index contributed by atoms with van der Waals surface area (Å²) >= 11 is 0. The van der Waals surface area contributed by atoms with Crippen molar-refractivity contribution in [1.82, 2.24) is 5.32 Å². The van der Waals surface area contributed by atoms with Gasteiger partial charge in [-0.25, -0.2) is 0 Å². The Morgan fingerprint density at radius 2 is 1.75 bits per heavy atom. The third-order valence-electron chi connectivity index (χ3n) is 5.07. The van der Waals surface area contributed by atoms with Gasteiger partial charge in [-0.3, -0.25) is 14.9 Å². The Balaban J connectivity index is 1.77. The van der Waals surface area contributed by atoms with Crippen molar-refractivity contribution in [3.05, 3.63) is 33.9 Å². The number of nitro benzene ring substituents is 1. The molecule has 0 atom stereocenters. The lowest BCUT2D eigenvalue weighted by atomic mass is 9.95. The molecule has 0 aromatic heterocycles. The third-order valence-corrected chi connectivity index (χ3v) is 5.07. The maximum Gasteiger partial charge on any atom is 0.293 e. The van der Waals surface area contributed by atoms with Crippen LogP contribution in [0.25, 0.3) is 0 Å². The van der Waals surface area contributed by atoms with Crippen LogP contribution in [0.5, 0.6) is 0 Å². The normalized spacial score (nSPS) is 19.1. The second-order valence-corrected chi connectivity index (χ2v) is 6.82. The molecule has 1 heterocycles. The van der Waals surface area contributed by atoms with Crippen LogP contribution in [0, 0.1) is 10.1 Å². The van der Waals surface area contributed by atoms with Gasteiger partial charge in [-0.2, -0.15) is 0 Å². The molecule has 0 radical (unpaired) electrons. The Hall–Kier alpha value is -2.11. The molecule has 2 fully saturated rings. The Kier molecular flexibility index (Phi) is 5.33. The number of carbonyl (C=O) groups excluding carboxylic acids is 1. The Morgan fingerprint density at radius 3 is 2.42 bits per heavy atom. The average Bonchev–Trinajstić information content (AvgIpc) is 2.62. The minimum atomic E-state index is -0.374. The van der Waals surface area contributed by atoms with Crippen LogP contribution in [-0.2, 0) is 0 Å². The summed E-state index contributed by atoms with van der Waals surface area (Å²) in [5.41, 5.74) is 1.05. The van der Waals surface area contributed by atoms with Gasteiger partial charge in [-0.05, 0) is 44.2 Å². The van der Waals surface area contributed by atoms with Crippen LogP contribution in [0.1, 0.15) is 61.7 Å². The second-order valence-electron chi connectivity index (χ2n) is 6.82. The molecule has 6 nitrogen and oxygen atoms in total. The van der Waals surface area contributed by atoms with Gasteiger partial charge < -0.3 is 10.2 Å². The molecule has 3 rings (SSSR count). The Bertz CT molecular complexity index is 606. The first-order valence-electron chi connectivity index (χ1n) is 8.99. The lowest BCUT2D eigenvalue weighted by Crippen LogP contribution is -2.36. The minimum Gasteiger partial charge on any atom is -0.366 e. The molecule has 0 spiro atoms. The number of nitrogens with one attached hydrogen (secondary N) is 1. The molecular formula is C18H25N3O3. The standard InChI is InChI=1S/C18H25N3O3/c22-18(19-15-7-3-1-4-8-15)14-9-10-16(17(13-14)21(23)24)20-11-5-2-6-12-20/h9-10,13,15H,1-8,11-12H2,(H,19,22). The van der Waals surface area contributed by atoms with E-state index in [4.69, 9.17) is 0 Å². The fourth-order valence-electron chi connectivity index (χ4n) is 3.73. The number of hydrogen-bond acceptors (Lipinski definition) is 4. The van der Waals surface area contributed by atoms with Crippen molar-refractivity contribution in [2.75, 3.05) is 18.0 Å². The number of rotatable bonds is 4. The quantitative estimate of drug-likeness (QED) is 0.675. The van der Waals surface area contributed by atoms with E-state index in [1.54, 1.807) is 12.1 Å². The summed E-state index contributed by atoms with van der Waals surface area (Å²) in [5.74, 6) is -0.199. The second kappa shape index (κ2) is 7.64. The minimum absolute atomic E-state index is 0.0354. The highest BCUT2D eigenvalue weighted by molar-refractivity contribution is 5.96. The van der Waals surface area contributed by atoms with Crippen molar-refractivity contribution >= 4 is 17.3 Å². The fraction of sp³-hybridized carbons (Fsp3) is 0.611. The first-order chi connectivity index (χ1) is 11.6. The molecule has 6 heteroatoms. The molecule has 1 N–H and O–H groups in total. The summed E-state index contributed by atoms with van der Waals surface area (Å²) in [7, 11) is 0. The van der Waals surface area contributed by atoms with Gasteiger partial charge in [0.15, 0.2) is 0 Å². The Morgan fingerprint density at radius 1 is 1.08 bits per heavy atom. The zero-order valence-electron chi connectivity index (χ0n) is 14.0. The molecule has 0 bridgehead atoms. The number of amides is 1. The maximum absolute atomic E-state index is 12.4. The zero-order valence-corrected chi connectivity index (χ0v) is 14.0. The molecule has 0 unspecified atom stereocenters. The van der Waals surface area contributed by atoms with Gasteiger partial charge >= 0.3 is 0 Å². The monoisotopic (exact) mass is 331 g/mol. The number of nitrogens with zero attached hydrogens (tertiary/aromatic N) is 2. The molecule has 24 heavy (non-hydrogen) atoms. The van der Waals surface area contributed by atoms with Gasteiger partial charge in [0, 0.05) is 30.8 Å². The van der Waals surface area contributed by atoms with Gasteiger partial charge in [0.05, 0.1) is 4.92 Å². The molecule has 1 aliphatic heterocycles. The molecule has 1 aromatic rings. The van der Waals surface area contributed by atoms with Crippen LogP contribution >= 0.6 is 0 Å². The predicted octanol–water partition coefficient (Wildman–Crippen LogP) is 3.65. The zero-order chi connectivity index (χ0) is 16.9. The van der Waals surface area contributed by atoms with E-state index in [1.807, 2.05) is 0 Å². The predicted molar refractivity (Wildman–Crippen MR) is 93.5 cm³/mol. The van der Waals surface area contributed by atoms with E-state index in [-0.39, 0.29) is 22.6 Å². The highest BCUT2D eigenvalue weighted by atomic mass is 16.6. The van der Waals surface area contributed by atoms with E-state index in [2.05, 4.69) is 10.2 Å². The number of nitro groups is 1. The van der Waals surface area contributed by atoms with E-state index in [9.17, 15) is 14.9 Å². The summed E-state index contributed by atoms with van der Waals surface area (Å²) in [6.45, 7) is 1.68. The lowest BCUT2D eigenvalue weighted by Gasteiger charge is -2.28. The van der Waals surface area contributed by atoms with Crippen molar-refractivity contribution < 1.29 is 9.72 Å². The fourth-order valence-corrected chi connectivity index (χ4v) is 3.73. The van der Waals surface area contributed by atoms with E-state index < -0.39 is 0 Å². The molecule has 1 aliphatic carbocycles. The van der Waals surface area contributed by atoms with Gasteiger partial charge in [-0.1, -0.05) is 19.3 Å². The smallest absolute Gasteiger partial charge is 0.293 e. The van der Waals surface area contributed by atoms with Gasteiger partial charge in [0.2, 0.25) is 0 Å². The summed E-state index contributed by atoms with van der Waals surface area (Å²) in [6, 6.07) is 5.09. The number of hydrogen-bond donors (Lipinski definition) is 1. The molecule has 1 amide bonds. The number of piperidine rings is 1. The lowest BCUT2D eigenvalue weighted by molar-refractivity contribution is -0.384. The highest BCUT2D eigenvalue weighted by Crippen LogP contribution is 2.31. The van der Waals surface area contributed by atoms with Crippen LogP contribution in [0.15, 0.2) is 18.2 Å². The van der Waals surface area contributed by atoms with E-state index in [1.165, 1.54) is 18.9 Å². The highest BCUT2D eigenvalue weighted by Gasteiger charge is 2.24. The van der Waals surface area contributed by atoms with Crippen LogP contribution < -0.4 is 10.2 Å². The van der Waals surface area contributed by atoms with E-state index in [0.29, 0.717) is 11.3 Å². The average molecular weight is 331 g/mol. The Labute approximate surface area is 142 Å². The number of anilines is 1. The maximum atomic E-state index is 12.4. The molecule has 1 saturated heterocycles. The first-order valence-corrected chi connectivity index (χ1v) is 8.99. The molecule has 1 aromatic carbocycles. The van der Waals surface area contributed by atoms with Gasteiger partial charge in [0.1, 0.15) is 5.69 Å². The summed E-state index contributed by atoms with van der Waals surface area (Å²) in [4.78, 5) is 25.6. The summed E-state index contributed by atoms with van der Waals surface area (Å²) < 4.78 is 0. The SMILES string of the molecule is O=C(NC1CCCCC1)c1ccc(N2CCCCC2)c([N+](=O)[O-])c1. The topological polar surface area (TPSA) is 75.5 Å². The van der Waals surface area contributed by atoms with Crippen molar-refractivity contribution in [3.8, 4) is 0 Å². The molecular weight excluding hydrogens is 306 g/mol. The summed E-state index contributed by atoms with van der Waals surface area (Å²) in [6.07, 6.45) is 8.79. The largest absolute Gasteiger partial charge is 0.366 e. The van der Waals surface area contributed by atoms with Crippen molar-refractivity contribution in [2.24, 2.45) is 0 Å². The van der Waals surface area contributed by atoms with E-state index in [0.717, 1.165) is 51.6 Å². The van der Waals surface area contributed by atoms with Crippen LogP contribution in [0.4, 0.5) is 11.4 Å². The third kappa shape index (κ3) is 3.86. The van der Waals surface area contributed by atoms with Crippen molar-refractivity contribution in [3.63, 3.8) is 0 Å². The summed E-state index contributed by atoms with van der Waals surface area (Å²) in [5, 5.41) is 14.5. The number of carbonyl (C=O) groups is 1. The van der Waals surface area contributed by atoms with Crippen molar-refractivity contribution in [2.45, 2.75) is 57.4 Å². The molecule has 130 valence electrons. The van der Waals surface area contributed by atoms with Crippen LogP contribution in [0.3, 0.4) is 0 Å². The van der Waals surface area contributed by atoms with Gasteiger partial charge in [-0.15, -0.1) is 0 Å². The van der Waals surface area contributed by atoms with E-state index >= 15 is 0 Å².